The molecule has 1 aromatic rings. The summed E-state index contributed by atoms with van der Waals surface area (Å²) >= 11 is 2.44. The molecule has 9 nitrogen and oxygen atoms in total. The second-order valence-corrected chi connectivity index (χ2v) is 8.89. The number of thioether (sulfide) groups is 2. The Morgan fingerprint density at radius 1 is 1.32 bits per heavy atom. The molecule has 1 aromatic carbocycles. The van der Waals surface area contributed by atoms with Gasteiger partial charge in [0.05, 0.1) is 0 Å². The first-order valence-corrected chi connectivity index (χ1v) is 11.1. The van der Waals surface area contributed by atoms with Crippen molar-refractivity contribution in [3.05, 3.63) is 52.4 Å². The molecule has 1 fully saturated rings. The fourth-order valence-corrected chi connectivity index (χ4v) is 5.20. The number of likely N-dealkylation sites (N-methyl/N-ethyl adjacent to an activating group) is 1. The number of nitrogens with one attached hydrogen (secondary N) is 1. The highest BCUT2D eigenvalue weighted by Crippen LogP contribution is 2.43. The van der Waals surface area contributed by atoms with Gasteiger partial charge >= 0.3 is 5.97 Å². The van der Waals surface area contributed by atoms with Crippen molar-refractivity contribution in [1.29, 1.82) is 0 Å². The number of fused-ring (bicyclic) bond motifs is 1. The van der Waals surface area contributed by atoms with Crippen LogP contribution in [-0.2, 0) is 19.2 Å². The number of nitrogens with zero attached hydrogens (tertiary/aromatic N) is 2. The number of hydrogen-bond acceptors (Lipinski definition) is 7. The number of carbonyl (C=O) groups is 4. The van der Waals surface area contributed by atoms with Gasteiger partial charge in [0.2, 0.25) is 5.91 Å². The first kappa shape index (κ1) is 22.8. The normalized spacial score (nSPS) is 20.2. The molecule has 2 N–H and O–H groups in total. The number of hydrogen-bond donors (Lipinski definition) is 2. The van der Waals surface area contributed by atoms with Gasteiger partial charge in [0.15, 0.2) is 6.61 Å². The minimum atomic E-state index is -1.23. The van der Waals surface area contributed by atoms with E-state index in [4.69, 9.17) is 4.74 Å². The van der Waals surface area contributed by atoms with Crippen LogP contribution in [0.5, 0.6) is 5.75 Å². The number of carboxylic acids is 1. The number of carboxylic acid groups (broad SMARTS) is 1. The zero-order valence-electron chi connectivity index (χ0n) is 16.8. The summed E-state index contributed by atoms with van der Waals surface area (Å²) in [5.41, 5.74) is -0.119. The highest BCUT2D eigenvalue weighted by atomic mass is 32.2. The average Bonchev–Trinajstić information content (AvgIpc) is 2.75. The largest absolute Gasteiger partial charge is 0.484 e. The molecule has 2 atom stereocenters. The van der Waals surface area contributed by atoms with Crippen LogP contribution in [0.4, 0.5) is 0 Å². The van der Waals surface area contributed by atoms with Gasteiger partial charge in [-0.15, -0.1) is 11.8 Å². The molecule has 0 aromatic heterocycles. The van der Waals surface area contributed by atoms with Crippen LogP contribution in [0.25, 0.3) is 0 Å². The van der Waals surface area contributed by atoms with Gasteiger partial charge in [-0.05, 0) is 17.5 Å². The quantitative estimate of drug-likeness (QED) is 0.435. The molecule has 2 heterocycles. The summed E-state index contributed by atoms with van der Waals surface area (Å²) < 4.78 is 5.38. The van der Waals surface area contributed by atoms with Gasteiger partial charge in [0.1, 0.15) is 22.9 Å². The number of carbonyl (C=O) groups excluding carboxylic acids is 3. The zero-order valence-corrected chi connectivity index (χ0v) is 18.4. The lowest BCUT2D eigenvalue weighted by molar-refractivity contribution is -0.150. The maximum Gasteiger partial charge on any atom is 0.353 e. The molecule has 0 aliphatic carbocycles. The Morgan fingerprint density at radius 2 is 2.03 bits per heavy atom. The second-order valence-electron chi connectivity index (χ2n) is 6.79. The second kappa shape index (κ2) is 9.92. The van der Waals surface area contributed by atoms with E-state index < -0.39 is 29.2 Å². The Labute approximate surface area is 187 Å². The molecule has 0 spiro atoms. The van der Waals surface area contributed by atoms with E-state index in [1.165, 1.54) is 33.0 Å². The standard InChI is InChI=1S/C20H21N3O6S2/c1-22(2)15(25)8-9-30-13-11-31-19-16(18(26)23(19)17(13)20(27)28)21-14(24)10-29-12-6-4-3-5-7-12/h3-9,16,19H,10-11H2,1-2H3,(H,21,24)(H,27,28)/b9-8-/t16-,19+/m1/s1. The lowest BCUT2D eigenvalue weighted by Gasteiger charge is -2.49. The summed E-state index contributed by atoms with van der Waals surface area (Å²) in [6.45, 7) is -0.251. The van der Waals surface area contributed by atoms with Gasteiger partial charge < -0.3 is 20.1 Å². The van der Waals surface area contributed by atoms with E-state index in [9.17, 15) is 24.3 Å². The van der Waals surface area contributed by atoms with Crippen molar-refractivity contribution in [2.45, 2.75) is 11.4 Å². The molecule has 164 valence electrons. The fraction of sp³-hybridized carbons (Fsp3) is 0.300. The molecule has 0 saturated carbocycles. The topological polar surface area (TPSA) is 116 Å². The van der Waals surface area contributed by atoms with E-state index in [0.717, 1.165) is 11.8 Å². The highest BCUT2D eigenvalue weighted by molar-refractivity contribution is 8.08. The Kier molecular flexibility index (Phi) is 7.29. The molecule has 2 aliphatic heterocycles. The van der Waals surface area contributed by atoms with E-state index >= 15 is 0 Å². The van der Waals surface area contributed by atoms with Crippen LogP contribution in [0.1, 0.15) is 0 Å². The Morgan fingerprint density at radius 3 is 2.68 bits per heavy atom. The third-order valence-corrected chi connectivity index (χ3v) is 6.78. The highest BCUT2D eigenvalue weighted by Gasteiger charge is 2.54. The van der Waals surface area contributed by atoms with Crippen molar-refractivity contribution < 1.29 is 29.0 Å². The molecule has 1 saturated heterocycles. The fourth-order valence-electron chi connectivity index (χ4n) is 2.89. The van der Waals surface area contributed by atoms with E-state index in [0.29, 0.717) is 16.4 Å². The Balaban J connectivity index is 1.62. The third kappa shape index (κ3) is 5.23. The smallest absolute Gasteiger partial charge is 0.353 e. The number of para-hydroxylation sites is 1. The molecular weight excluding hydrogens is 442 g/mol. The maximum absolute atomic E-state index is 12.6. The Hall–Kier alpha value is -2.92. The average molecular weight is 464 g/mol. The number of ether oxygens (including phenoxy) is 1. The van der Waals surface area contributed by atoms with Crippen LogP contribution in [-0.4, -0.2) is 76.5 Å². The molecule has 0 radical (unpaired) electrons. The number of rotatable bonds is 8. The summed E-state index contributed by atoms with van der Waals surface area (Å²) in [6, 6.07) is 7.99. The van der Waals surface area contributed by atoms with Crippen molar-refractivity contribution in [1.82, 2.24) is 15.1 Å². The first-order valence-electron chi connectivity index (χ1n) is 9.22. The molecule has 31 heavy (non-hydrogen) atoms. The van der Waals surface area contributed by atoms with Crippen LogP contribution in [0, 0.1) is 0 Å². The summed E-state index contributed by atoms with van der Waals surface area (Å²) in [5.74, 6) is -1.54. The van der Waals surface area contributed by atoms with Crippen molar-refractivity contribution in [2.75, 3.05) is 26.5 Å². The minimum Gasteiger partial charge on any atom is -0.484 e. The first-order chi connectivity index (χ1) is 14.8. The van der Waals surface area contributed by atoms with Crippen LogP contribution in [0.15, 0.2) is 52.4 Å². The van der Waals surface area contributed by atoms with Crippen molar-refractivity contribution in [2.24, 2.45) is 0 Å². The van der Waals surface area contributed by atoms with Gasteiger partial charge in [-0.25, -0.2) is 4.79 Å². The summed E-state index contributed by atoms with van der Waals surface area (Å²) in [4.78, 5) is 51.3. The molecule has 3 rings (SSSR count). The number of amides is 3. The van der Waals surface area contributed by atoms with Gasteiger partial charge in [0.25, 0.3) is 11.8 Å². The zero-order chi connectivity index (χ0) is 22.5. The Bertz CT molecular complexity index is 947. The number of β-lactam (4-membered cyclic amide) rings is 1. The summed E-state index contributed by atoms with van der Waals surface area (Å²) in [6.07, 6.45) is 1.33. The lowest BCUT2D eigenvalue weighted by Crippen LogP contribution is -2.70. The van der Waals surface area contributed by atoms with Crippen molar-refractivity contribution >= 4 is 47.2 Å². The van der Waals surface area contributed by atoms with Crippen LogP contribution < -0.4 is 10.1 Å². The summed E-state index contributed by atoms with van der Waals surface area (Å²) in [7, 11) is 3.22. The van der Waals surface area contributed by atoms with E-state index in [-0.39, 0.29) is 18.2 Å². The molecule has 2 aliphatic rings. The van der Waals surface area contributed by atoms with E-state index in [1.807, 2.05) is 6.07 Å². The predicted molar refractivity (Wildman–Crippen MR) is 117 cm³/mol. The molecular formula is C20H21N3O6S2. The van der Waals surface area contributed by atoms with Crippen LogP contribution in [0.3, 0.4) is 0 Å². The molecule has 0 bridgehead atoms. The molecule has 3 amide bonds. The number of aliphatic carboxylic acids is 1. The van der Waals surface area contributed by atoms with Gasteiger partial charge in [-0.1, -0.05) is 30.0 Å². The lowest BCUT2D eigenvalue weighted by atomic mass is 10.1. The van der Waals surface area contributed by atoms with Gasteiger partial charge in [-0.2, -0.15) is 0 Å². The van der Waals surface area contributed by atoms with Crippen molar-refractivity contribution in [3.8, 4) is 5.75 Å². The van der Waals surface area contributed by atoms with Crippen LogP contribution in [0.2, 0.25) is 0 Å². The predicted octanol–water partition coefficient (Wildman–Crippen LogP) is 1.10. The third-order valence-electron chi connectivity index (χ3n) is 4.43. The molecule has 11 heteroatoms. The summed E-state index contributed by atoms with van der Waals surface area (Å²) in [5, 5.41) is 13.3. The molecule has 0 unspecified atom stereocenters. The van der Waals surface area contributed by atoms with Gasteiger partial charge in [0, 0.05) is 30.8 Å². The van der Waals surface area contributed by atoms with Crippen LogP contribution >= 0.6 is 23.5 Å². The van der Waals surface area contributed by atoms with Crippen molar-refractivity contribution in [3.63, 3.8) is 0 Å². The van der Waals surface area contributed by atoms with E-state index in [2.05, 4.69) is 5.32 Å². The van der Waals surface area contributed by atoms with Gasteiger partial charge in [-0.3, -0.25) is 19.3 Å². The minimum absolute atomic E-state index is 0.119. The monoisotopic (exact) mass is 463 g/mol. The number of benzene rings is 1. The van der Waals surface area contributed by atoms with E-state index in [1.54, 1.807) is 38.4 Å². The maximum atomic E-state index is 12.6. The SMILES string of the molecule is CN(C)C(=O)/C=C\SC1=C(C(=O)O)N2C(=O)[C@@H](NC(=O)COc3ccccc3)[C@@H]2SC1.